The molecule has 0 aliphatic carbocycles. The average molecular weight is 202 g/mol. The van der Waals surface area contributed by atoms with Crippen LogP contribution in [0.5, 0.6) is 0 Å². The highest BCUT2D eigenvalue weighted by Gasteiger charge is 1.80. The molecule has 0 fully saturated rings. The van der Waals surface area contributed by atoms with E-state index in [1.807, 2.05) is 18.2 Å². The second-order valence-electron chi connectivity index (χ2n) is 2.65. The molecule has 0 unspecified atom stereocenters. The van der Waals surface area contributed by atoms with Gasteiger partial charge >= 0.3 is 5.63 Å². The van der Waals surface area contributed by atoms with E-state index in [1.54, 1.807) is 24.3 Å². The SMILES string of the molecule is O=Cc1ccccc1.O=c1cccco1. The van der Waals surface area contributed by atoms with Crippen molar-refractivity contribution >= 4 is 6.29 Å². The maximum absolute atomic E-state index is 10.1. The zero-order valence-corrected chi connectivity index (χ0v) is 8.00. The van der Waals surface area contributed by atoms with E-state index < -0.39 is 0 Å². The molecule has 1 aromatic carbocycles. The topological polar surface area (TPSA) is 47.3 Å². The lowest BCUT2D eigenvalue weighted by Crippen LogP contribution is -1.90. The number of benzene rings is 1. The number of carbonyl (C=O) groups excluding carboxylic acids is 1. The van der Waals surface area contributed by atoms with Gasteiger partial charge in [0.15, 0.2) is 0 Å². The Hall–Kier alpha value is -2.16. The summed E-state index contributed by atoms with van der Waals surface area (Å²) < 4.78 is 4.37. The summed E-state index contributed by atoms with van der Waals surface area (Å²) >= 11 is 0. The molecule has 0 aliphatic rings. The summed E-state index contributed by atoms with van der Waals surface area (Å²) in [6, 6.07) is 13.7. The molecule has 1 heterocycles. The van der Waals surface area contributed by atoms with Crippen molar-refractivity contribution in [2.45, 2.75) is 0 Å². The van der Waals surface area contributed by atoms with E-state index in [0.717, 1.165) is 11.8 Å². The van der Waals surface area contributed by atoms with Gasteiger partial charge in [-0.2, -0.15) is 0 Å². The average Bonchev–Trinajstić information content (AvgIpc) is 2.32. The molecule has 3 nitrogen and oxygen atoms in total. The maximum atomic E-state index is 10.1. The number of hydrogen-bond acceptors (Lipinski definition) is 3. The molecule has 0 saturated heterocycles. The van der Waals surface area contributed by atoms with Crippen molar-refractivity contribution in [1.29, 1.82) is 0 Å². The Morgan fingerprint density at radius 2 is 1.60 bits per heavy atom. The molecule has 76 valence electrons. The van der Waals surface area contributed by atoms with Crippen molar-refractivity contribution in [3.63, 3.8) is 0 Å². The van der Waals surface area contributed by atoms with Crippen LogP contribution in [0, 0.1) is 0 Å². The standard InChI is InChI=1S/C7H6O.C5H4O2/c8-6-7-4-2-1-3-5-7;6-5-3-1-2-4-7-5/h1-6H;1-4H. The zero-order valence-electron chi connectivity index (χ0n) is 8.00. The second-order valence-corrected chi connectivity index (χ2v) is 2.65. The smallest absolute Gasteiger partial charge is 0.335 e. The Kier molecular flexibility index (Phi) is 4.60. The summed E-state index contributed by atoms with van der Waals surface area (Å²) in [6.45, 7) is 0. The van der Waals surface area contributed by atoms with E-state index in [-0.39, 0.29) is 5.63 Å². The van der Waals surface area contributed by atoms with Crippen molar-refractivity contribution in [3.8, 4) is 0 Å². The van der Waals surface area contributed by atoms with Gasteiger partial charge in [-0.15, -0.1) is 0 Å². The van der Waals surface area contributed by atoms with Crippen LogP contribution in [0.4, 0.5) is 0 Å². The van der Waals surface area contributed by atoms with Gasteiger partial charge in [0.25, 0.3) is 0 Å². The molecule has 2 rings (SSSR count). The van der Waals surface area contributed by atoms with Crippen molar-refractivity contribution in [1.82, 2.24) is 0 Å². The fourth-order valence-electron chi connectivity index (χ4n) is 0.857. The summed E-state index contributed by atoms with van der Waals surface area (Å²) in [4.78, 5) is 20.1. The van der Waals surface area contributed by atoms with Crippen LogP contribution in [0.2, 0.25) is 0 Å². The van der Waals surface area contributed by atoms with Crippen molar-refractivity contribution < 1.29 is 9.21 Å². The molecular weight excluding hydrogens is 192 g/mol. The van der Waals surface area contributed by atoms with E-state index in [9.17, 15) is 9.59 Å². The molecule has 15 heavy (non-hydrogen) atoms. The molecule has 1 aromatic heterocycles. The molecule has 2 aromatic rings. The van der Waals surface area contributed by atoms with E-state index in [4.69, 9.17) is 0 Å². The van der Waals surface area contributed by atoms with Crippen LogP contribution >= 0.6 is 0 Å². The molecule has 0 spiro atoms. The highest BCUT2D eigenvalue weighted by Crippen LogP contribution is 1.91. The van der Waals surface area contributed by atoms with Gasteiger partial charge in [0.2, 0.25) is 0 Å². The number of hydrogen-bond donors (Lipinski definition) is 0. The highest BCUT2D eigenvalue weighted by atomic mass is 16.4. The van der Waals surface area contributed by atoms with Gasteiger partial charge in [-0.25, -0.2) is 4.79 Å². The molecule has 0 radical (unpaired) electrons. The first-order chi connectivity index (χ1) is 7.33. The van der Waals surface area contributed by atoms with Crippen molar-refractivity contribution in [2.24, 2.45) is 0 Å². The minimum atomic E-state index is -0.303. The summed E-state index contributed by atoms with van der Waals surface area (Å²) in [7, 11) is 0. The Balaban J connectivity index is 0.000000151. The van der Waals surface area contributed by atoms with E-state index in [0.29, 0.717) is 0 Å². The summed E-state index contributed by atoms with van der Waals surface area (Å²) in [5.41, 5.74) is 0.426. The molecular formula is C12H10O3. The first-order valence-corrected chi connectivity index (χ1v) is 4.37. The zero-order chi connectivity index (χ0) is 10.9. The largest absolute Gasteiger partial charge is 0.431 e. The molecule has 0 saturated carbocycles. The molecule has 0 atom stereocenters. The Morgan fingerprint density at radius 1 is 0.933 bits per heavy atom. The summed E-state index contributed by atoms with van der Waals surface area (Å²) in [5.74, 6) is 0. The van der Waals surface area contributed by atoms with E-state index in [2.05, 4.69) is 4.42 Å². The Labute approximate surface area is 87.0 Å². The summed E-state index contributed by atoms with van der Waals surface area (Å²) in [6.07, 6.45) is 2.18. The lowest BCUT2D eigenvalue weighted by molar-refractivity contribution is 0.112. The van der Waals surface area contributed by atoms with Crippen molar-refractivity contribution in [3.05, 3.63) is 70.8 Å². The lowest BCUT2D eigenvalue weighted by atomic mass is 10.2. The van der Waals surface area contributed by atoms with Crippen LogP contribution in [0.3, 0.4) is 0 Å². The number of carbonyl (C=O) groups is 1. The Bertz CT molecular complexity index is 428. The monoisotopic (exact) mass is 202 g/mol. The van der Waals surface area contributed by atoms with E-state index in [1.165, 1.54) is 12.3 Å². The first kappa shape index (κ1) is 10.9. The van der Waals surface area contributed by atoms with E-state index >= 15 is 0 Å². The minimum absolute atomic E-state index is 0.303. The second kappa shape index (κ2) is 6.32. The third kappa shape index (κ3) is 4.57. The lowest BCUT2D eigenvalue weighted by Gasteiger charge is -1.81. The van der Waals surface area contributed by atoms with Crippen molar-refractivity contribution in [2.75, 3.05) is 0 Å². The van der Waals surface area contributed by atoms with Gasteiger partial charge in [-0.3, -0.25) is 4.79 Å². The maximum Gasteiger partial charge on any atom is 0.335 e. The van der Waals surface area contributed by atoms with Crippen LogP contribution in [0.25, 0.3) is 0 Å². The normalized spacial score (nSPS) is 8.53. The van der Waals surface area contributed by atoms with Crippen LogP contribution in [0.15, 0.2) is 64.0 Å². The fourth-order valence-corrected chi connectivity index (χ4v) is 0.857. The van der Waals surface area contributed by atoms with Gasteiger partial charge in [-0.05, 0) is 6.07 Å². The molecule has 0 N–H and O–H groups in total. The number of aldehydes is 1. The van der Waals surface area contributed by atoms with Gasteiger partial charge in [0, 0.05) is 11.6 Å². The van der Waals surface area contributed by atoms with Crippen LogP contribution in [-0.4, -0.2) is 6.29 Å². The molecule has 0 bridgehead atoms. The molecule has 3 heteroatoms. The predicted octanol–water partition coefficient (Wildman–Crippen LogP) is 2.14. The van der Waals surface area contributed by atoms with Gasteiger partial charge < -0.3 is 4.42 Å². The third-order valence-electron chi connectivity index (χ3n) is 1.54. The fraction of sp³-hybridized carbons (Fsp3) is 0. The number of rotatable bonds is 1. The molecule has 0 amide bonds. The summed E-state index contributed by atoms with van der Waals surface area (Å²) in [5, 5.41) is 0. The predicted molar refractivity (Wildman–Crippen MR) is 56.8 cm³/mol. The van der Waals surface area contributed by atoms with Gasteiger partial charge in [-0.1, -0.05) is 36.4 Å². The van der Waals surface area contributed by atoms with Crippen LogP contribution < -0.4 is 5.63 Å². The highest BCUT2D eigenvalue weighted by molar-refractivity contribution is 5.74. The quantitative estimate of drug-likeness (QED) is 0.665. The first-order valence-electron chi connectivity index (χ1n) is 4.37. The van der Waals surface area contributed by atoms with Gasteiger partial charge in [0.05, 0.1) is 6.26 Å². The molecule has 0 aliphatic heterocycles. The van der Waals surface area contributed by atoms with Crippen LogP contribution in [0.1, 0.15) is 10.4 Å². The third-order valence-corrected chi connectivity index (χ3v) is 1.54. The minimum Gasteiger partial charge on any atom is -0.431 e. The Morgan fingerprint density at radius 3 is 1.93 bits per heavy atom. The van der Waals surface area contributed by atoms with Gasteiger partial charge in [0.1, 0.15) is 6.29 Å². The van der Waals surface area contributed by atoms with Crippen LogP contribution in [-0.2, 0) is 0 Å².